The van der Waals surface area contributed by atoms with Gasteiger partial charge in [-0.3, -0.25) is 0 Å². The number of fused-ring (bicyclic) bond motifs is 3. The number of aromatic nitrogens is 2. The fraction of sp³-hybridized carbons (Fsp3) is 0.143. The molecule has 0 fully saturated rings. The zero-order valence-corrected chi connectivity index (χ0v) is 11.7. The van der Waals surface area contributed by atoms with Crippen LogP contribution in [0.25, 0.3) is 5.69 Å². The van der Waals surface area contributed by atoms with Crippen LogP contribution in [-0.2, 0) is 6.18 Å². The number of anilines is 1. The van der Waals surface area contributed by atoms with Gasteiger partial charge in [0.15, 0.2) is 5.69 Å². The third kappa shape index (κ3) is 2.12. The highest BCUT2D eigenvalue weighted by Gasteiger charge is 2.35. The Hall–Kier alpha value is -2.46. The molecule has 1 aromatic heterocycles. The molecule has 0 saturated carbocycles. The van der Waals surface area contributed by atoms with Gasteiger partial charge in [-0.15, -0.1) is 6.58 Å². The molecule has 2 heterocycles. The van der Waals surface area contributed by atoms with Crippen LogP contribution in [0.3, 0.4) is 0 Å². The maximum Gasteiger partial charge on any atom is 0.416 e. The van der Waals surface area contributed by atoms with Crippen LogP contribution in [0.15, 0.2) is 30.9 Å². The quantitative estimate of drug-likeness (QED) is 0.804. The van der Waals surface area contributed by atoms with Crippen LogP contribution in [0.5, 0.6) is 0 Å². The average molecular weight is 325 g/mol. The van der Waals surface area contributed by atoms with Crippen molar-refractivity contribution in [2.45, 2.75) is 12.2 Å². The van der Waals surface area contributed by atoms with E-state index in [1.54, 1.807) is 0 Å². The molecule has 0 spiro atoms. The van der Waals surface area contributed by atoms with Gasteiger partial charge in [0.05, 0.1) is 22.3 Å². The molecular formula is C14H8ClF3N4. The van der Waals surface area contributed by atoms with Gasteiger partial charge >= 0.3 is 6.18 Å². The van der Waals surface area contributed by atoms with Crippen LogP contribution in [0, 0.1) is 11.3 Å². The lowest BCUT2D eigenvalue weighted by Crippen LogP contribution is -2.22. The monoisotopic (exact) mass is 324 g/mol. The molecule has 4 nitrogen and oxygen atoms in total. The first-order valence-electron chi connectivity index (χ1n) is 6.15. The minimum atomic E-state index is -4.51. The second-order valence-corrected chi connectivity index (χ2v) is 5.10. The number of alkyl halides is 3. The third-order valence-corrected chi connectivity index (χ3v) is 3.62. The second kappa shape index (κ2) is 4.78. The zero-order chi connectivity index (χ0) is 16.1. The second-order valence-electron chi connectivity index (χ2n) is 4.69. The Kier molecular flexibility index (Phi) is 3.15. The Bertz CT molecular complexity index is 817. The Morgan fingerprint density at radius 1 is 1.41 bits per heavy atom. The molecule has 2 aromatic rings. The van der Waals surface area contributed by atoms with Gasteiger partial charge in [0, 0.05) is 11.6 Å². The van der Waals surface area contributed by atoms with E-state index in [0.717, 1.165) is 12.1 Å². The molecule has 112 valence electrons. The van der Waals surface area contributed by atoms with Crippen molar-refractivity contribution in [1.29, 1.82) is 5.26 Å². The smallest absolute Gasteiger partial charge is 0.360 e. The zero-order valence-electron chi connectivity index (χ0n) is 10.9. The molecule has 0 bridgehead atoms. The summed E-state index contributed by atoms with van der Waals surface area (Å²) in [6, 6.07) is 4.67. The molecule has 1 N–H and O–H groups in total. The van der Waals surface area contributed by atoms with Gasteiger partial charge < -0.3 is 5.32 Å². The van der Waals surface area contributed by atoms with Crippen molar-refractivity contribution in [3.8, 4) is 11.8 Å². The third-order valence-electron chi connectivity index (χ3n) is 3.33. The lowest BCUT2D eigenvalue weighted by atomic mass is 9.99. The highest BCUT2D eigenvalue weighted by Crippen LogP contribution is 2.41. The number of nitriles is 1. The molecule has 22 heavy (non-hydrogen) atoms. The van der Waals surface area contributed by atoms with Gasteiger partial charge in [0.1, 0.15) is 11.9 Å². The fourth-order valence-electron chi connectivity index (χ4n) is 2.38. The lowest BCUT2D eigenvalue weighted by molar-refractivity contribution is -0.137. The van der Waals surface area contributed by atoms with E-state index in [4.69, 9.17) is 16.9 Å². The Morgan fingerprint density at radius 2 is 2.14 bits per heavy atom. The summed E-state index contributed by atoms with van der Waals surface area (Å²) in [7, 11) is 0. The normalized spacial score (nSPS) is 16.2. The molecule has 0 radical (unpaired) electrons. The van der Waals surface area contributed by atoms with Crippen molar-refractivity contribution in [1.82, 2.24) is 9.78 Å². The number of nitrogens with one attached hydrogen (secondary N) is 1. The van der Waals surface area contributed by atoms with E-state index in [1.165, 1.54) is 16.8 Å². The minimum absolute atomic E-state index is 0.0907. The van der Waals surface area contributed by atoms with Crippen molar-refractivity contribution in [3.63, 3.8) is 0 Å². The molecule has 8 heteroatoms. The number of benzene rings is 1. The van der Waals surface area contributed by atoms with Crippen molar-refractivity contribution >= 4 is 17.4 Å². The highest BCUT2D eigenvalue weighted by atomic mass is 35.5. The van der Waals surface area contributed by atoms with Crippen molar-refractivity contribution in [2.24, 2.45) is 0 Å². The number of halogens is 4. The summed E-state index contributed by atoms with van der Waals surface area (Å²) in [5, 5.41) is 15.8. The molecule has 0 aliphatic carbocycles. The van der Waals surface area contributed by atoms with Gasteiger partial charge in [-0.1, -0.05) is 17.7 Å². The van der Waals surface area contributed by atoms with E-state index in [2.05, 4.69) is 17.0 Å². The van der Waals surface area contributed by atoms with E-state index in [0.29, 0.717) is 17.1 Å². The van der Waals surface area contributed by atoms with Crippen LogP contribution >= 0.6 is 11.6 Å². The molecular weight excluding hydrogens is 317 g/mol. The topological polar surface area (TPSA) is 53.6 Å². The van der Waals surface area contributed by atoms with Gasteiger partial charge in [-0.05, 0) is 12.1 Å². The Morgan fingerprint density at radius 3 is 2.73 bits per heavy atom. The predicted molar refractivity (Wildman–Crippen MR) is 74.9 cm³/mol. The minimum Gasteiger partial charge on any atom is -0.360 e. The first kappa shape index (κ1) is 14.5. The summed E-state index contributed by atoms with van der Waals surface area (Å²) >= 11 is 6.05. The van der Waals surface area contributed by atoms with E-state index in [-0.39, 0.29) is 10.7 Å². The Balaban J connectivity index is 2.30. The van der Waals surface area contributed by atoms with Gasteiger partial charge in [0.25, 0.3) is 0 Å². The van der Waals surface area contributed by atoms with Gasteiger partial charge in [-0.25, -0.2) is 4.68 Å². The number of hydrogen-bond acceptors (Lipinski definition) is 3. The van der Waals surface area contributed by atoms with Gasteiger partial charge in [0.2, 0.25) is 0 Å². The number of rotatable bonds is 1. The van der Waals surface area contributed by atoms with E-state index in [9.17, 15) is 13.2 Å². The molecule has 3 rings (SSSR count). The molecule has 1 aliphatic heterocycles. The number of nitrogens with zero attached hydrogens (tertiary/aromatic N) is 3. The van der Waals surface area contributed by atoms with Crippen LogP contribution in [0.4, 0.5) is 19.0 Å². The van der Waals surface area contributed by atoms with Crippen LogP contribution in [0.2, 0.25) is 5.02 Å². The standard InChI is InChI=1S/C14H8ClF3N4/c1-2-11-9-3-7(14(16,17)18)4-10(15)13(9)22-12(20-11)5-8(6-19)21-22/h2-5,11,20H,1H2. The molecule has 1 atom stereocenters. The predicted octanol–water partition coefficient (Wildman–Crippen LogP) is 4.07. The molecule has 1 unspecified atom stereocenters. The first-order valence-corrected chi connectivity index (χ1v) is 6.53. The SMILES string of the molecule is C=CC1Nc2cc(C#N)nn2-c2c(Cl)cc(C(F)(F)F)cc21. The van der Waals surface area contributed by atoms with E-state index in [1.807, 2.05) is 6.07 Å². The van der Waals surface area contributed by atoms with Crippen LogP contribution in [-0.4, -0.2) is 9.78 Å². The average Bonchev–Trinajstić information content (AvgIpc) is 2.87. The summed E-state index contributed by atoms with van der Waals surface area (Å²) in [5.74, 6) is 0.468. The summed E-state index contributed by atoms with van der Waals surface area (Å²) in [4.78, 5) is 0. The van der Waals surface area contributed by atoms with Crippen molar-refractivity contribution in [2.75, 3.05) is 5.32 Å². The van der Waals surface area contributed by atoms with Gasteiger partial charge in [-0.2, -0.15) is 23.5 Å². The summed E-state index contributed by atoms with van der Waals surface area (Å²) in [6.07, 6.45) is -3.04. The fourth-order valence-corrected chi connectivity index (χ4v) is 2.68. The molecule has 1 aromatic carbocycles. The highest BCUT2D eigenvalue weighted by molar-refractivity contribution is 6.32. The summed E-state index contributed by atoms with van der Waals surface area (Å²) in [6.45, 7) is 3.62. The maximum absolute atomic E-state index is 13.0. The first-order chi connectivity index (χ1) is 10.3. The van der Waals surface area contributed by atoms with Crippen LogP contribution in [0.1, 0.15) is 22.9 Å². The molecule has 0 amide bonds. The van der Waals surface area contributed by atoms with E-state index < -0.39 is 17.8 Å². The van der Waals surface area contributed by atoms with E-state index >= 15 is 0 Å². The Labute approximate surface area is 128 Å². The molecule has 1 aliphatic rings. The lowest BCUT2D eigenvalue weighted by Gasteiger charge is -2.27. The molecule has 0 saturated heterocycles. The largest absolute Gasteiger partial charge is 0.416 e. The van der Waals surface area contributed by atoms with Crippen molar-refractivity contribution in [3.05, 3.63) is 52.7 Å². The number of hydrogen-bond donors (Lipinski definition) is 1. The summed E-state index contributed by atoms with van der Waals surface area (Å²) < 4.78 is 40.2. The summed E-state index contributed by atoms with van der Waals surface area (Å²) in [5.41, 5.74) is -0.0973. The van der Waals surface area contributed by atoms with Crippen molar-refractivity contribution < 1.29 is 13.2 Å². The maximum atomic E-state index is 13.0. The van der Waals surface area contributed by atoms with Crippen LogP contribution < -0.4 is 5.32 Å².